The first kappa shape index (κ1) is 14.2. The number of ether oxygens (including phenoxy) is 1. The lowest BCUT2D eigenvalue weighted by atomic mass is 9.95. The van der Waals surface area contributed by atoms with Gasteiger partial charge in [0.05, 0.1) is 6.61 Å². The molecule has 0 heterocycles. The maximum Gasteiger partial charge on any atom is 0.335 e. The topological polar surface area (TPSA) is 46.5 Å². The molecule has 3 heteroatoms. The van der Waals surface area contributed by atoms with Gasteiger partial charge in [0.15, 0.2) is 5.60 Å². The highest BCUT2D eigenvalue weighted by Gasteiger charge is 2.33. The molecule has 0 aromatic carbocycles. The lowest BCUT2D eigenvalue weighted by Crippen LogP contribution is -2.39. The van der Waals surface area contributed by atoms with E-state index >= 15 is 0 Å². The molecule has 0 spiro atoms. The van der Waals surface area contributed by atoms with E-state index in [0.717, 1.165) is 6.42 Å². The second kappa shape index (κ2) is 6.62. The van der Waals surface area contributed by atoms with E-state index in [4.69, 9.17) is 9.84 Å². The molecule has 15 heavy (non-hydrogen) atoms. The standard InChI is InChI=1S/C12H22O3/c1-5-6-9-15-12(4,11(13)14)8-7-10(2)3/h5,10H,1,6-9H2,2-4H3,(H,13,14). The number of carboxylic acid groups (broad SMARTS) is 1. The summed E-state index contributed by atoms with van der Waals surface area (Å²) in [5, 5.41) is 9.09. The molecule has 0 rings (SSSR count). The monoisotopic (exact) mass is 214 g/mol. The third kappa shape index (κ3) is 5.57. The molecule has 0 aliphatic carbocycles. The van der Waals surface area contributed by atoms with Crippen molar-refractivity contribution in [2.75, 3.05) is 6.61 Å². The highest BCUT2D eigenvalue weighted by atomic mass is 16.5. The van der Waals surface area contributed by atoms with E-state index in [9.17, 15) is 4.79 Å². The minimum absolute atomic E-state index is 0.421. The van der Waals surface area contributed by atoms with Gasteiger partial charge in [-0.1, -0.05) is 19.9 Å². The molecule has 0 fully saturated rings. The lowest BCUT2D eigenvalue weighted by molar-refractivity contribution is -0.164. The fourth-order valence-corrected chi connectivity index (χ4v) is 1.17. The van der Waals surface area contributed by atoms with Crippen LogP contribution in [0.2, 0.25) is 0 Å². The molecular weight excluding hydrogens is 192 g/mol. The maximum absolute atomic E-state index is 11.1. The molecule has 0 aromatic heterocycles. The van der Waals surface area contributed by atoms with Gasteiger partial charge in [0.25, 0.3) is 0 Å². The van der Waals surface area contributed by atoms with Crippen LogP contribution >= 0.6 is 0 Å². The van der Waals surface area contributed by atoms with Gasteiger partial charge in [-0.05, 0) is 32.1 Å². The molecule has 0 bridgehead atoms. The van der Waals surface area contributed by atoms with Crippen molar-refractivity contribution in [3.05, 3.63) is 12.7 Å². The zero-order valence-corrected chi connectivity index (χ0v) is 9.95. The Morgan fingerprint density at radius 3 is 2.60 bits per heavy atom. The molecule has 1 unspecified atom stereocenters. The summed E-state index contributed by atoms with van der Waals surface area (Å²) in [7, 11) is 0. The van der Waals surface area contributed by atoms with Gasteiger partial charge in [-0.15, -0.1) is 6.58 Å². The predicted octanol–water partition coefficient (Wildman–Crippen LogP) is 2.86. The molecule has 0 saturated carbocycles. The smallest absolute Gasteiger partial charge is 0.335 e. The van der Waals surface area contributed by atoms with Crippen LogP contribution in [0.4, 0.5) is 0 Å². The highest BCUT2D eigenvalue weighted by molar-refractivity contribution is 5.76. The van der Waals surface area contributed by atoms with E-state index in [2.05, 4.69) is 20.4 Å². The predicted molar refractivity (Wildman–Crippen MR) is 60.9 cm³/mol. The second-order valence-electron chi connectivity index (χ2n) is 4.39. The van der Waals surface area contributed by atoms with Crippen LogP contribution in [0.25, 0.3) is 0 Å². The first-order chi connectivity index (χ1) is 6.92. The molecule has 0 radical (unpaired) electrons. The number of hydrogen-bond donors (Lipinski definition) is 1. The maximum atomic E-state index is 11.1. The van der Waals surface area contributed by atoms with E-state index in [1.54, 1.807) is 13.0 Å². The van der Waals surface area contributed by atoms with Crippen molar-refractivity contribution in [1.29, 1.82) is 0 Å². The van der Waals surface area contributed by atoms with Crippen LogP contribution in [-0.4, -0.2) is 23.3 Å². The van der Waals surface area contributed by atoms with Crippen LogP contribution in [0.3, 0.4) is 0 Å². The van der Waals surface area contributed by atoms with Crippen LogP contribution in [0, 0.1) is 5.92 Å². The molecule has 0 aliphatic heterocycles. The largest absolute Gasteiger partial charge is 0.479 e. The second-order valence-corrected chi connectivity index (χ2v) is 4.39. The Balaban J connectivity index is 4.18. The van der Waals surface area contributed by atoms with Crippen molar-refractivity contribution in [1.82, 2.24) is 0 Å². The van der Waals surface area contributed by atoms with Crippen molar-refractivity contribution in [2.24, 2.45) is 5.92 Å². The highest BCUT2D eigenvalue weighted by Crippen LogP contribution is 2.21. The molecule has 88 valence electrons. The molecule has 0 aromatic rings. The van der Waals surface area contributed by atoms with Gasteiger partial charge in [-0.25, -0.2) is 4.79 Å². The van der Waals surface area contributed by atoms with Gasteiger partial charge in [-0.3, -0.25) is 0 Å². The Bertz CT molecular complexity index is 211. The molecule has 1 N–H and O–H groups in total. The van der Waals surface area contributed by atoms with Gasteiger partial charge < -0.3 is 9.84 Å². The molecule has 0 saturated heterocycles. The number of carbonyl (C=O) groups is 1. The molecule has 0 amide bonds. The van der Waals surface area contributed by atoms with Crippen LogP contribution in [0.5, 0.6) is 0 Å². The van der Waals surface area contributed by atoms with Gasteiger partial charge in [-0.2, -0.15) is 0 Å². The first-order valence-electron chi connectivity index (χ1n) is 5.40. The quantitative estimate of drug-likeness (QED) is 0.499. The van der Waals surface area contributed by atoms with Gasteiger partial charge in [0.1, 0.15) is 0 Å². The molecule has 1 atom stereocenters. The minimum Gasteiger partial charge on any atom is -0.479 e. The Kier molecular flexibility index (Phi) is 6.25. The van der Waals surface area contributed by atoms with Crippen LogP contribution in [-0.2, 0) is 9.53 Å². The van der Waals surface area contributed by atoms with Crippen LogP contribution in [0.15, 0.2) is 12.7 Å². The molecular formula is C12H22O3. The fraction of sp³-hybridized carbons (Fsp3) is 0.750. The van der Waals surface area contributed by atoms with E-state index < -0.39 is 11.6 Å². The Labute approximate surface area is 92.1 Å². The zero-order valence-electron chi connectivity index (χ0n) is 9.95. The Morgan fingerprint density at radius 2 is 2.20 bits per heavy atom. The van der Waals surface area contributed by atoms with E-state index in [1.165, 1.54) is 0 Å². The third-order valence-electron chi connectivity index (χ3n) is 2.39. The first-order valence-corrected chi connectivity index (χ1v) is 5.40. The summed E-state index contributed by atoms with van der Waals surface area (Å²) < 4.78 is 5.41. The van der Waals surface area contributed by atoms with E-state index in [-0.39, 0.29) is 0 Å². The Hall–Kier alpha value is -0.830. The minimum atomic E-state index is -1.05. The van der Waals surface area contributed by atoms with E-state index in [0.29, 0.717) is 25.4 Å². The summed E-state index contributed by atoms with van der Waals surface area (Å²) in [6, 6.07) is 0. The van der Waals surface area contributed by atoms with Crippen LogP contribution in [0.1, 0.15) is 40.0 Å². The SMILES string of the molecule is C=CCCOC(C)(CCC(C)C)C(=O)O. The molecule has 3 nitrogen and oxygen atoms in total. The average Bonchev–Trinajstić information content (AvgIpc) is 2.15. The summed E-state index contributed by atoms with van der Waals surface area (Å²) in [6.45, 7) is 9.78. The van der Waals surface area contributed by atoms with Crippen molar-refractivity contribution >= 4 is 5.97 Å². The fourth-order valence-electron chi connectivity index (χ4n) is 1.17. The number of rotatable bonds is 8. The van der Waals surface area contributed by atoms with Crippen molar-refractivity contribution in [3.63, 3.8) is 0 Å². The summed E-state index contributed by atoms with van der Waals surface area (Å²) in [6.07, 6.45) is 3.82. The normalized spacial score (nSPS) is 14.9. The van der Waals surface area contributed by atoms with Gasteiger partial charge in [0.2, 0.25) is 0 Å². The van der Waals surface area contributed by atoms with Gasteiger partial charge in [0, 0.05) is 0 Å². The van der Waals surface area contributed by atoms with Gasteiger partial charge >= 0.3 is 5.97 Å². The summed E-state index contributed by atoms with van der Waals surface area (Å²) in [5.74, 6) is -0.390. The van der Waals surface area contributed by atoms with Crippen molar-refractivity contribution in [3.8, 4) is 0 Å². The lowest BCUT2D eigenvalue weighted by Gasteiger charge is -2.25. The van der Waals surface area contributed by atoms with Crippen molar-refractivity contribution < 1.29 is 14.6 Å². The van der Waals surface area contributed by atoms with Crippen LogP contribution < -0.4 is 0 Å². The molecule has 0 aliphatic rings. The number of aliphatic carboxylic acids is 1. The average molecular weight is 214 g/mol. The number of carboxylic acids is 1. The van der Waals surface area contributed by atoms with Crippen molar-refractivity contribution in [2.45, 2.75) is 45.6 Å². The summed E-state index contributed by atoms with van der Waals surface area (Å²) in [5.41, 5.74) is -1.05. The van der Waals surface area contributed by atoms with E-state index in [1.807, 2.05) is 0 Å². The number of hydrogen-bond acceptors (Lipinski definition) is 2. The summed E-state index contributed by atoms with van der Waals surface area (Å²) >= 11 is 0. The third-order valence-corrected chi connectivity index (χ3v) is 2.39. The zero-order chi connectivity index (χ0) is 11.9. The summed E-state index contributed by atoms with van der Waals surface area (Å²) in [4.78, 5) is 11.1. The Morgan fingerprint density at radius 1 is 1.60 bits per heavy atom.